The fourth-order valence-corrected chi connectivity index (χ4v) is 4.38. The standard InChI is InChI=1S/C19H20ClN3O3S/c1-22-7-6-12-8-14(3-2-13(12)10-22)23-11-15(26-19(23)25)9-21-18(24)16-4-5-17(20)27-16/h2-5,8,15H,6-7,9-11H2,1H3,(H,21,24)/t15-/m0/s1. The van der Waals surface area contributed by atoms with Crippen molar-refractivity contribution in [2.24, 2.45) is 0 Å². The number of thiophene rings is 1. The number of anilines is 1. The van der Waals surface area contributed by atoms with E-state index in [0.29, 0.717) is 15.8 Å². The summed E-state index contributed by atoms with van der Waals surface area (Å²) < 4.78 is 5.99. The van der Waals surface area contributed by atoms with E-state index in [9.17, 15) is 9.59 Å². The summed E-state index contributed by atoms with van der Waals surface area (Å²) in [5, 5.41) is 2.81. The lowest BCUT2D eigenvalue weighted by atomic mass is 9.99. The van der Waals surface area contributed by atoms with Crippen molar-refractivity contribution in [3.8, 4) is 0 Å². The van der Waals surface area contributed by atoms with Crippen molar-refractivity contribution in [3.05, 3.63) is 50.7 Å². The van der Waals surface area contributed by atoms with Crippen LogP contribution in [0.1, 0.15) is 20.8 Å². The Bertz CT molecular complexity index is 885. The molecule has 0 spiro atoms. The van der Waals surface area contributed by atoms with Crippen LogP contribution >= 0.6 is 22.9 Å². The molecule has 6 nitrogen and oxygen atoms in total. The maximum absolute atomic E-state index is 12.3. The maximum Gasteiger partial charge on any atom is 0.414 e. The Morgan fingerprint density at radius 2 is 2.19 bits per heavy atom. The summed E-state index contributed by atoms with van der Waals surface area (Å²) >= 11 is 7.08. The molecule has 142 valence electrons. The molecule has 1 fully saturated rings. The van der Waals surface area contributed by atoms with Crippen LogP contribution in [-0.4, -0.2) is 49.7 Å². The number of rotatable bonds is 4. The minimum atomic E-state index is -0.376. The molecule has 0 bridgehead atoms. The second-order valence-corrected chi connectivity index (χ2v) is 8.59. The molecular formula is C19H20ClN3O3S. The number of nitrogens with one attached hydrogen (secondary N) is 1. The zero-order chi connectivity index (χ0) is 19.0. The third-order valence-corrected chi connectivity index (χ3v) is 6.10. The average Bonchev–Trinajstić information content (AvgIpc) is 3.25. The fourth-order valence-electron chi connectivity index (χ4n) is 3.42. The highest BCUT2D eigenvalue weighted by Crippen LogP contribution is 2.27. The van der Waals surface area contributed by atoms with Gasteiger partial charge in [0.2, 0.25) is 0 Å². The topological polar surface area (TPSA) is 61.9 Å². The monoisotopic (exact) mass is 405 g/mol. The average molecular weight is 406 g/mol. The van der Waals surface area contributed by atoms with Crippen molar-refractivity contribution in [2.45, 2.75) is 19.1 Å². The van der Waals surface area contributed by atoms with Crippen molar-refractivity contribution in [1.29, 1.82) is 0 Å². The molecule has 2 aliphatic heterocycles. The number of likely N-dealkylation sites (N-methyl/N-ethyl adjacent to an activating group) is 1. The van der Waals surface area contributed by atoms with Gasteiger partial charge in [-0.25, -0.2) is 4.79 Å². The van der Waals surface area contributed by atoms with Crippen LogP contribution in [0.2, 0.25) is 4.34 Å². The Kier molecular flexibility index (Phi) is 5.08. The van der Waals surface area contributed by atoms with E-state index < -0.39 is 0 Å². The van der Waals surface area contributed by atoms with Gasteiger partial charge in [0.15, 0.2) is 0 Å². The third-order valence-electron chi connectivity index (χ3n) is 4.87. The zero-order valence-corrected chi connectivity index (χ0v) is 16.5. The summed E-state index contributed by atoms with van der Waals surface area (Å²) in [5.74, 6) is -0.209. The van der Waals surface area contributed by atoms with Gasteiger partial charge in [-0.2, -0.15) is 0 Å². The Labute approximate surface area is 166 Å². The Balaban J connectivity index is 1.38. The SMILES string of the molecule is CN1CCc2cc(N3C[C@H](CNC(=O)c4ccc(Cl)s4)OC3=O)ccc2C1. The second-order valence-electron chi connectivity index (χ2n) is 6.87. The molecule has 0 saturated carbocycles. The van der Waals surface area contributed by atoms with Gasteiger partial charge in [-0.3, -0.25) is 9.69 Å². The van der Waals surface area contributed by atoms with E-state index in [1.165, 1.54) is 22.5 Å². The minimum Gasteiger partial charge on any atom is -0.442 e. The summed E-state index contributed by atoms with van der Waals surface area (Å²) in [6.07, 6.45) is 0.228. The Morgan fingerprint density at radius 1 is 1.33 bits per heavy atom. The zero-order valence-electron chi connectivity index (χ0n) is 14.9. The van der Waals surface area contributed by atoms with Crippen LogP contribution in [0.25, 0.3) is 0 Å². The summed E-state index contributed by atoms with van der Waals surface area (Å²) in [6.45, 7) is 2.64. The van der Waals surface area contributed by atoms with Gasteiger partial charge in [-0.15, -0.1) is 11.3 Å². The molecule has 1 N–H and O–H groups in total. The van der Waals surface area contributed by atoms with Crippen molar-refractivity contribution in [3.63, 3.8) is 0 Å². The largest absolute Gasteiger partial charge is 0.442 e. The molecule has 27 heavy (non-hydrogen) atoms. The number of carbonyl (C=O) groups excluding carboxylic acids is 2. The smallest absolute Gasteiger partial charge is 0.414 e. The van der Waals surface area contributed by atoms with Gasteiger partial charge in [0.05, 0.1) is 22.3 Å². The lowest BCUT2D eigenvalue weighted by Crippen LogP contribution is -2.34. The summed E-state index contributed by atoms with van der Waals surface area (Å²) in [4.78, 5) is 28.9. The first-order chi connectivity index (χ1) is 13.0. The summed E-state index contributed by atoms with van der Waals surface area (Å²) in [5.41, 5.74) is 3.44. The van der Waals surface area contributed by atoms with Crippen LogP contribution in [-0.2, 0) is 17.7 Å². The van der Waals surface area contributed by atoms with E-state index in [4.69, 9.17) is 16.3 Å². The van der Waals surface area contributed by atoms with Gasteiger partial charge in [-0.1, -0.05) is 17.7 Å². The molecule has 1 aromatic heterocycles. The van der Waals surface area contributed by atoms with E-state index in [1.54, 1.807) is 17.0 Å². The number of benzene rings is 1. The van der Waals surface area contributed by atoms with Gasteiger partial charge >= 0.3 is 6.09 Å². The predicted octanol–water partition coefficient (Wildman–Crippen LogP) is 3.14. The van der Waals surface area contributed by atoms with Gasteiger partial charge < -0.3 is 15.0 Å². The van der Waals surface area contributed by atoms with Crippen molar-refractivity contribution >= 4 is 40.6 Å². The molecule has 2 aliphatic rings. The normalized spacial score (nSPS) is 19.7. The van der Waals surface area contributed by atoms with E-state index in [0.717, 1.165) is 25.2 Å². The number of nitrogens with zero attached hydrogens (tertiary/aromatic N) is 2. The molecule has 0 unspecified atom stereocenters. The van der Waals surface area contributed by atoms with Crippen LogP contribution < -0.4 is 10.2 Å². The van der Waals surface area contributed by atoms with Crippen LogP contribution in [0, 0.1) is 0 Å². The van der Waals surface area contributed by atoms with Crippen molar-refractivity contribution in [2.75, 3.05) is 31.6 Å². The van der Waals surface area contributed by atoms with Gasteiger partial charge in [-0.05, 0) is 48.9 Å². The number of carbonyl (C=O) groups is 2. The van der Waals surface area contributed by atoms with Gasteiger partial charge in [0.25, 0.3) is 5.91 Å². The maximum atomic E-state index is 12.3. The number of fused-ring (bicyclic) bond motifs is 1. The second kappa shape index (κ2) is 7.50. The minimum absolute atomic E-state index is 0.209. The number of halogens is 1. The number of hydrogen-bond acceptors (Lipinski definition) is 5. The number of amides is 2. The van der Waals surface area contributed by atoms with Crippen LogP contribution in [0.3, 0.4) is 0 Å². The third kappa shape index (κ3) is 3.95. The highest BCUT2D eigenvalue weighted by atomic mass is 35.5. The van der Waals surface area contributed by atoms with Crippen molar-refractivity contribution < 1.29 is 14.3 Å². The van der Waals surface area contributed by atoms with Crippen LogP contribution in [0.15, 0.2) is 30.3 Å². The molecule has 3 heterocycles. The molecule has 4 rings (SSSR count). The Hall–Kier alpha value is -2.09. The molecule has 1 saturated heterocycles. The summed E-state index contributed by atoms with van der Waals surface area (Å²) in [6, 6.07) is 9.50. The van der Waals surface area contributed by atoms with E-state index >= 15 is 0 Å². The van der Waals surface area contributed by atoms with Crippen LogP contribution in [0.5, 0.6) is 0 Å². The number of hydrogen-bond donors (Lipinski definition) is 1. The predicted molar refractivity (Wildman–Crippen MR) is 106 cm³/mol. The van der Waals surface area contributed by atoms with Crippen molar-refractivity contribution in [1.82, 2.24) is 10.2 Å². The quantitative estimate of drug-likeness (QED) is 0.848. The lowest BCUT2D eigenvalue weighted by Gasteiger charge is -2.26. The summed E-state index contributed by atoms with van der Waals surface area (Å²) in [7, 11) is 2.11. The lowest BCUT2D eigenvalue weighted by molar-refractivity contribution is 0.0920. The number of ether oxygens (including phenoxy) is 1. The highest BCUT2D eigenvalue weighted by Gasteiger charge is 2.33. The van der Waals surface area contributed by atoms with Gasteiger partial charge in [0, 0.05) is 18.8 Å². The molecule has 0 aliphatic carbocycles. The number of cyclic esters (lactones) is 1. The highest BCUT2D eigenvalue weighted by molar-refractivity contribution is 7.17. The molecule has 1 atom stereocenters. The molecule has 8 heteroatoms. The molecule has 1 aromatic carbocycles. The first kappa shape index (κ1) is 18.3. The molecule has 0 radical (unpaired) electrons. The van der Waals surface area contributed by atoms with Crippen LogP contribution in [0.4, 0.5) is 10.5 Å². The molecule has 2 aromatic rings. The van der Waals surface area contributed by atoms with Gasteiger partial charge in [0.1, 0.15) is 6.10 Å². The molecule has 2 amide bonds. The fraction of sp³-hybridized carbons (Fsp3) is 0.368. The first-order valence-electron chi connectivity index (χ1n) is 8.81. The van der Waals surface area contributed by atoms with E-state index in [1.807, 2.05) is 6.07 Å². The first-order valence-corrected chi connectivity index (χ1v) is 10.0. The van der Waals surface area contributed by atoms with E-state index in [-0.39, 0.29) is 24.6 Å². The van der Waals surface area contributed by atoms with E-state index in [2.05, 4.69) is 29.4 Å². The molecular weight excluding hydrogens is 386 g/mol. The Morgan fingerprint density at radius 3 is 2.96 bits per heavy atom.